The molecule has 0 aliphatic heterocycles. The van der Waals surface area contributed by atoms with Gasteiger partial charge in [0, 0.05) is 22.2 Å². The van der Waals surface area contributed by atoms with Gasteiger partial charge >= 0.3 is 0 Å². The van der Waals surface area contributed by atoms with Gasteiger partial charge < -0.3 is 10.2 Å². The third kappa shape index (κ3) is 4.29. The van der Waals surface area contributed by atoms with Gasteiger partial charge in [-0.15, -0.1) is 0 Å². The molecule has 2 amide bonds. The first kappa shape index (κ1) is 14.9. The lowest BCUT2D eigenvalue weighted by Crippen LogP contribution is -2.39. The van der Waals surface area contributed by atoms with Crippen molar-refractivity contribution in [1.82, 2.24) is 10.2 Å². The van der Waals surface area contributed by atoms with Crippen molar-refractivity contribution < 1.29 is 9.59 Å². The van der Waals surface area contributed by atoms with E-state index in [9.17, 15) is 9.59 Å². The summed E-state index contributed by atoms with van der Waals surface area (Å²) in [5.74, 6) is -0.272. The zero-order valence-electron chi connectivity index (χ0n) is 10.6. The average molecular weight is 360 g/mol. The maximum absolute atomic E-state index is 11.8. The maximum atomic E-state index is 11.8. The maximum Gasteiger partial charge on any atom is 0.251 e. The SMILES string of the molecule is CCN(CC)C(=O)CNC(=O)c1ccc(I)cc1. The van der Waals surface area contributed by atoms with Gasteiger partial charge in [-0.05, 0) is 60.7 Å². The number of carbonyl (C=O) groups is 2. The van der Waals surface area contributed by atoms with E-state index in [0.29, 0.717) is 18.7 Å². The Labute approximate surface area is 121 Å². The highest BCUT2D eigenvalue weighted by Crippen LogP contribution is 2.06. The van der Waals surface area contributed by atoms with Gasteiger partial charge in [-0.25, -0.2) is 0 Å². The van der Waals surface area contributed by atoms with E-state index in [1.54, 1.807) is 17.0 Å². The number of nitrogens with zero attached hydrogens (tertiary/aromatic N) is 1. The third-order valence-corrected chi connectivity index (χ3v) is 3.34. The fourth-order valence-electron chi connectivity index (χ4n) is 1.55. The summed E-state index contributed by atoms with van der Waals surface area (Å²) in [6.07, 6.45) is 0. The van der Waals surface area contributed by atoms with Crippen LogP contribution in [0.25, 0.3) is 0 Å². The molecule has 1 aromatic rings. The van der Waals surface area contributed by atoms with Gasteiger partial charge in [0.1, 0.15) is 0 Å². The molecule has 0 saturated carbocycles. The number of hydrogen-bond acceptors (Lipinski definition) is 2. The largest absolute Gasteiger partial charge is 0.343 e. The lowest BCUT2D eigenvalue weighted by molar-refractivity contribution is -0.129. The molecule has 1 N–H and O–H groups in total. The van der Waals surface area contributed by atoms with Gasteiger partial charge in [-0.1, -0.05) is 0 Å². The Kier molecular flexibility index (Phi) is 6.11. The molecule has 0 atom stereocenters. The van der Waals surface area contributed by atoms with Crippen molar-refractivity contribution in [3.63, 3.8) is 0 Å². The third-order valence-electron chi connectivity index (χ3n) is 2.62. The number of hydrogen-bond donors (Lipinski definition) is 1. The molecular weight excluding hydrogens is 343 g/mol. The van der Waals surface area contributed by atoms with E-state index in [-0.39, 0.29) is 18.4 Å². The molecule has 0 bridgehead atoms. The van der Waals surface area contributed by atoms with E-state index in [0.717, 1.165) is 3.57 Å². The number of likely N-dealkylation sites (N-methyl/N-ethyl adjacent to an activating group) is 1. The predicted octanol–water partition coefficient (Wildman–Crippen LogP) is 1.89. The molecule has 0 aromatic heterocycles. The highest BCUT2D eigenvalue weighted by atomic mass is 127. The molecule has 4 nitrogen and oxygen atoms in total. The molecule has 1 rings (SSSR count). The summed E-state index contributed by atoms with van der Waals surface area (Å²) in [5, 5.41) is 2.63. The first-order valence-corrected chi connectivity index (χ1v) is 6.97. The van der Waals surface area contributed by atoms with Crippen LogP contribution in [-0.2, 0) is 4.79 Å². The van der Waals surface area contributed by atoms with E-state index < -0.39 is 0 Å². The number of nitrogens with one attached hydrogen (secondary N) is 1. The van der Waals surface area contributed by atoms with Crippen LogP contribution in [0.5, 0.6) is 0 Å². The summed E-state index contributed by atoms with van der Waals surface area (Å²) in [5.41, 5.74) is 0.572. The second kappa shape index (κ2) is 7.35. The lowest BCUT2D eigenvalue weighted by atomic mass is 10.2. The highest BCUT2D eigenvalue weighted by Gasteiger charge is 2.11. The monoisotopic (exact) mass is 360 g/mol. The van der Waals surface area contributed by atoms with Crippen molar-refractivity contribution in [3.8, 4) is 0 Å². The molecule has 0 aliphatic rings. The zero-order valence-corrected chi connectivity index (χ0v) is 12.7. The van der Waals surface area contributed by atoms with Crippen LogP contribution in [0.4, 0.5) is 0 Å². The average Bonchev–Trinajstić information content (AvgIpc) is 2.38. The second-order valence-electron chi connectivity index (χ2n) is 3.76. The van der Waals surface area contributed by atoms with E-state index in [2.05, 4.69) is 27.9 Å². The van der Waals surface area contributed by atoms with Crippen LogP contribution in [0.15, 0.2) is 24.3 Å². The molecule has 0 heterocycles. The normalized spacial score (nSPS) is 9.94. The minimum Gasteiger partial charge on any atom is -0.343 e. The topological polar surface area (TPSA) is 49.4 Å². The van der Waals surface area contributed by atoms with Crippen molar-refractivity contribution in [2.75, 3.05) is 19.6 Å². The first-order chi connectivity index (χ1) is 8.58. The van der Waals surface area contributed by atoms with E-state index >= 15 is 0 Å². The Morgan fingerprint density at radius 1 is 1.17 bits per heavy atom. The molecule has 1 aromatic carbocycles. The quantitative estimate of drug-likeness (QED) is 0.816. The van der Waals surface area contributed by atoms with E-state index in [1.165, 1.54) is 0 Å². The van der Waals surface area contributed by atoms with Crippen molar-refractivity contribution in [2.24, 2.45) is 0 Å². The number of halogens is 1. The molecule has 0 spiro atoms. The fourth-order valence-corrected chi connectivity index (χ4v) is 1.91. The highest BCUT2D eigenvalue weighted by molar-refractivity contribution is 14.1. The smallest absolute Gasteiger partial charge is 0.251 e. The van der Waals surface area contributed by atoms with Gasteiger partial charge in [0.05, 0.1) is 6.54 Å². The minimum atomic E-state index is -0.216. The number of benzene rings is 1. The van der Waals surface area contributed by atoms with Crippen LogP contribution >= 0.6 is 22.6 Å². The second-order valence-corrected chi connectivity index (χ2v) is 5.00. The van der Waals surface area contributed by atoms with Gasteiger partial charge in [0.25, 0.3) is 5.91 Å². The molecule has 18 heavy (non-hydrogen) atoms. The Morgan fingerprint density at radius 2 is 1.72 bits per heavy atom. The molecule has 0 radical (unpaired) electrons. The predicted molar refractivity (Wildman–Crippen MR) is 79.4 cm³/mol. The fraction of sp³-hybridized carbons (Fsp3) is 0.385. The molecule has 5 heteroatoms. The van der Waals surface area contributed by atoms with Crippen molar-refractivity contribution in [3.05, 3.63) is 33.4 Å². The van der Waals surface area contributed by atoms with Crippen LogP contribution in [0.1, 0.15) is 24.2 Å². The van der Waals surface area contributed by atoms with Crippen molar-refractivity contribution in [1.29, 1.82) is 0 Å². The summed E-state index contributed by atoms with van der Waals surface area (Å²) < 4.78 is 1.07. The first-order valence-electron chi connectivity index (χ1n) is 5.90. The van der Waals surface area contributed by atoms with Crippen molar-refractivity contribution in [2.45, 2.75) is 13.8 Å². The van der Waals surface area contributed by atoms with Crippen molar-refractivity contribution >= 4 is 34.4 Å². The Balaban J connectivity index is 2.51. The molecule has 0 fully saturated rings. The van der Waals surface area contributed by atoms with Crippen LogP contribution < -0.4 is 5.32 Å². The standard InChI is InChI=1S/C13H17IN2O2/c1-3-16(4-2)12(17)9-15-13(18)10-5-7-11(14)8-6-10/h5-8H,3-4,9H2,1-2H3,(H,15,18). The number of carbonyl (C=O) groups excluding carboxylic acids is 2. The molecule has 0 unspecified atom stereocenters. The summed E-state index contributed by atoms with van der Waals surface area (Å²) >= 11 is 2.18. The summed E-state index contributed by atoms with van der Waals surface area (Å²) in [7, 11) is 0. The van der Waals surface area contributed by atoms with Crippen LogP contribution in [-0.4, -0.2) is 36.3 Å². The van der Waals surface area contributed by atoms with E-state index in [1.807, 2.05) is 26.0 Å². The number of amides is 2. The summed E-state index contributed by atoms with van der Waals surface area (Å²) in [6, 6.07) is 7.22. The van der Waals surface area contributed by atoms with Gasteiger partial charge in [-0.3, -0.25) is 9.59 Å². The van der Waals surface area contributed by atoms with Gasteiger partial charge in [0.2, 0.25) is 5.91 Å². The van der Waals surface area contributed by atoms with Crippen LogP contribution in [0.3, 0.4) is 0 Å². The van der Waals surface area contributed by atoms with Crippen LogP contribution in [0.2, 0.25) is 0 Å². The van der Waals surface area contributed by atoms with Crippen LogP contribution in [0, 0.1) is 3.57 Å². The molecule has 0 saturated heterocycles. The summed E-state index contributed by atoms with van der Waals surface area (Å²) in [4.78, 5) is 25.2. The Bertz CT molecular complexity index is 414. The molecule has 98 valence electrons. The Hall–Kier alpha value is -1.11. The minimum absolute atomic E-state index is 0.0481. The Morgan fingerprint density at radius 3 is 2.22 bits per heavy atom. The molecule has 0 aliphatic carbocycles. The lowest BCUT2D eigenvalue weighted by Gasteiger charge is -2.18. The zero-order chi connectivity index (χ0) is 13.5. The molecular formula is C13H17IN2O2. The van der Waals surface area contributed by atoms with Gasteiger partial charge in [-0.2, -0.15) is 0 Å². The summed E-state index contributed by atoms with van der Waals surface area (Å²) in [6.45, 7) is 5.21. The van der Waals surface area contributed by atoms with Gasteiger partial charge in [0.15, 0.2) is 0 Å². The number of rotatable bonds is 5. The van der Waals surface area contributed by atoms with E-state index in [4.69, 9.17) is 0 Å².